The fourth-order valence-electron chi connectivity index (χ4n) is 2.54. The molecule has 5 heteroatoms. The van der Waals surface area contributed by atoms with E-state index >= 15 is 0 Å². The van der Waals surface area contributed by atoms with Gasteiger partial charge in [-0.3, -0.25) is 4.57 Å². The van der Waals surface area contributed by atoms with E-state index in [4.69, 9.17) is 0 Å². The van der Waals surface area contributed by atoms with Gasteiger partial charge in [-0.25, -0.2) is 9.48 Å². The van der Waals surface area contributed by atoms with E-state index in [1.54, 1.807) is 4.68 Å². The molecule has 5 nitrogen and oxygen atoms in total. The van der Waals surface area contributed by atoms with Crippen molar-refractivity contribution in [3.05, 3.63) is 16.3 Å². The first-order chi connectivity index (χ1) is 8.43. The first-order valence-electron chi connectivity index (χ1n) is 6.77. The molecule has 0 aliphatic carbocycles. The lowest BCUT2D eigenvalue weighted by atomic mass is 9.87. The largest absolute Gasteiger partial charge is 0.345 e. The van der Waals surface area contributed by atoms with E-state index in [1.165, 1.54) is 0 Å². The Bertz CT molecular complexity index is 466. The number of likely N-dealkylation sites (N-methyl/N-ethyl adjacent to an activating group) is 1. The highest BCUT2D eigenvalue weighted by Gasteiger charge is 2.26. The third-order valence-electron chi connectivity index (χ3n) is 3.78. The highest BCUT2D eigenvalue weighted by atomic mass is 16.2. The Morgan fingerprint density at radius 3 is 2.67 bits per heavy atom. The van der Waals surface area contributed by atoms with Crippen LogP contribution in [-0.4, -0.2) is 27.4 Å². The van der Waals surface area contributed by atoms with Gasteiger partial charge in [0, 0.05) is 19.0 Å². The lowest BCUT2D eigenvalue weighted by Gasteiger charge is -2.29. The van der Waals surface area contributed by atoms with Gasteiger partial charge in [0.1, 0.15) is 5.82 Å². The van der Waals surface area contributed by atoms with Crippen LogP contribution in [-0.2, 0) is 19.5 Å². The molecule has 2 rings (SSSR count). The van der Waals surface area contributed by atoms with Gasteiger partial charge in [0.05, 0.1) is 6.54 Å². The molecule has 1 aromatic rings. The van der Waals surface area contributed by atoms with Gasteiger partial charge in [0.2, 0.25) is 0 Å². The molecule has 2 heterocycles. The van der Waals surface area contributed by atoms with Gasteiger partial charge in [-0.05, 0) is 25.3 Å². The van der Waals surface area contributed by atoms with E-state index in [0.717, 1.165) is 31.6 Å². The molecular weight excluding hydrogens is 228 g/mol. The second-order valence-electron chi connectivity index (χ2n) is 6.20. The van der Waals surface area contributed by atoms with E-state index in [9.17, 15) is 4.79 Å². The van der Waals surface area contributed by atoms with Crippen molar-refractivity contribution < 1.29 is 0 Å². The van der Waals surface area contributed by atoms with Crippen LogP contribution in [0.4, 0.5) is 0 Å². The van der Waals surface area contributed by atoms with Crippen LogP contribution < -0.4 is 11.0 Å². The Morgan fingerprint density at radius 1 is 1.39 bits per heavy atom. The first-order valence-corrected chi connectivity index (χ1v) is 6.77. The predicted molar refractivity (Wildman–Crippen MR) is 71.7 cm³/mol. The molecule has 0 amide bonds. The summed E-state index contributed by atoms with van der Waals surface area (Å²) in [6, 6.07) is 0.243. The van der Waals surface area contributed by atoms with Crippen LogP contribution in [0.25, 0.3) is 0 Å². The number of nitrogens with zero attached hydrogens (tertiary/aromatic N) is 3. The third kappa shape index (κ3) is 2.51. The molecule has 1 unspecified atom stereocenters. The average molecular weight is 252 g/mol. The summed E-state index contributed by atoms with van der Waals surface area (Å²) >= 11 is 0. The smallest absolute Gasteiger partial charge is 0.315 e. The van der Waals surface area contributed by atoms with Gasteiger partial charge >= 0.3 is 5.69 Å². The first kappa shape index (κ1) is 13.3. The van der Waals surface area contributed by atoms with E-state index < -0.39 is 0 Å². The quantitative estimate of drug-likeness (QED) is 0.873. The molecule has 0 saturated carbocycles. The standard InChI is InChI=1S/C13H24N4O/c1-13(2,3)10(14-4)9-17-12(18)16-8-6-5-7-11(16)15-17/h10,14H,5-9H2,1-4H3. The zero-order valence-electron chi connectivity index (χ0n) is 11.9. The normalized spacial score (nSPS) is 17.6. The molecule has 1 atom stereocenters. The number of rotatable bonds is 3. The maximum Gasteiger partial charge on any atom is 0.345 e. The Morgan fingerprint density at radius 2 is 2.11 bits per heavy atom. The van der Waals surface area contributed by atoms with Crippen molar-refractivity contribution >= 4 is 0 Å². The van der Waals surface area contributed by atoms with Crippen molar-refractivity contribution in [2.75, 3.05) is 7.05 Å². The molecule has 0 aromatic carbocycles. The van der Waals surface area contributed by atoms with Gasteiger partial charge in [0.15, 0.2) is 0 Å². The molecule has 1 aromatic heterocycles. The number of hydrogen-bond donors (Lipinski definition) is 1. The molecule has 1 N–H and O–H groups in total. The number of hydrogen-bond acceptors (Lipinski definition) is 3. The van der Waals surface area contributed by atoms with E-state index in [0.29, 0.717) is 6.54 Å². The van der Waals surface area contributed by atoms with Crippen molar-refractivity contribution in [3.63, 3.8) is 0 Å². The molecule has 102 valence electrons. The molecule has 18 heavy (non-hydrogen) atoms. The van der Waals surface area contributed by atoms with Gasteiger partial charge in [-0.15, -0.1) is 0 Å². The van der Waals surface area contributed by atoms with Crippen molar-refractivity contribution in [1.29, 1.82) is 0 Å². The highest BCUT2D eigenvalue weighted by Crippen LogP contribution is 2.20. The van der Waals surface area contributed by atoms with Crippen molar-refractivity contribution in [1.82, 2.24) is 19.7 Å². The molecule has 0 bridgehead atoms. The van der Waals surface area contributed by atoms with Gasteiger partial charge < -0.3 is 5.32 Å². The molecule has 0 saturated heterocycles. The van der Waals surface area contributed by atoms with Crippen LogP contribution in [0.3, 0.4) is 0 Å². The van der Waals surface area contributed by atoms with Crippen LogP contribution >= 0.6 is 0 Å². The SMILES string of the molecule is CNC(Cn1nc2n(c1=O)CCCC2)C(C)(C)C. The number of aromatic nitrogens is 3. The van der Waals surface area contributed by atoms with Crippen molar-refractivity contribution in [2.45, 2.75) is 59.2 Å². The minimum Gasteiger partial charge on any atom is -0.315 e. The molecule has 1 aliphatic rings. The Balaban J connectivity index is 2.24. The van der Waals surface area contributed by atoms with Gasteiger partial charge in [-0.1, -0.05) is 20.8 Å². The van der Waals surface area contributed by atoms with Crippen LogP contribution in [0.2, 0.25) is 0 Å². The summed E-state index contributed by atoms with van der Waals surface area (Å²) in [5.74, 6) is 0.954. The topological polar surface area (TPSA) is 51.9 Å². The van der Waals surface area contributed by atoms with Crippen LogP contribution in [0.5, 0.6) is 0 Å². The Kier molecular flexibility index (Phi) is 3.61. The highest BCUT2D eigenvalue weighted by molar-refractivity contribution is 4.92. The van der Waals surface area contributed by atoms with E-state index in [1.807, 2.05) is 11.6 Å². The zero-order valence-corrected chi connectivity index (χ0v) is 11.9. The molecule has 1 aliphatic heterocycles. The van der Waals surface area contributed by atoms with Gasteiger partial charge in [0.25, 0.3) is 0 Å². The maximum atomic E-state index is 12.2. The fourth-order valence-corrected chi connectivity index (χ4v) is 2.54. The van der Waals surface area contributed by atoms with Gasteiger partial charge in [-0.2, -0.15) is 5.10 Å². The second-order valence-corrected chi connectivity index (χ2v) is 6.20. The van der Waals surface area contributed by atoms with Crippen LogP contribution in [0, 0.1) is 5.41 Å². The molecule has 0 fully saturated rings. The number of aryl methyl sites for hydroxylation is 1. The minimum absolute atomic E-state index is 0.0502. The van der Waals surface area contributed by atoms with Crippen LogP contribution in [0.1, 0.15) is 39.4 Å². The molecule has 0 radical (unpaired) electrons. The summed E-state index contributed by atoms with van der Waals surface area (Å²) in [5.41, 5.74) is 0.160. The van der Waals surface area contributed by atoms with E-state index in [-0.39, 0.29) is 17.1 Å². The molecular formula is C13H24N4O. The summed E-state index contributed by atoms with van der Waals surface area (Å²) < 4.78 is 3.46. The summed E-state index contributed by atoms with van der Waals surface area (Å²) in [4.78, 5) is 12.2. The summed E-state index contributed by atoms with van der Waals surface area (Å²) in [6.45, 7) is 7.99. The number of nitrogens with one attached hydrogen (secondary N) is 1. The number of fused-ring (bicyclic) bond motifs is 1. The lowest BCUT2D eigenvalue weighted by molar-refractivity contribution is 0.244. The Labute approximate surface area is 108 Å². The summed E-state index contributed by atoms with van der Waals surface area (Å²) in [7, 11) is 1.94. The van der Waals surface area contributed by atoms with E-state index in [2.05, 4.69) is 31.2 Å². The average Bonchev–Trinajstić information content (AvgIpc) is 2.62. The third-order valence-corrected chi connectivity index (χ3v) is 3.78. The minimum atomic E-state index is 0.0502. The summed E-state index contributed by atoms with van der Waals surface area (Å²) in [6.07, 6.45) is 3.17. The lowest BCUT2D eigenvalue weighted by Crippen LogP contribution is -2.44. The molecule has 0 spiro atoms. The summed E-state index contributed by atoms with van der Waals surface area (Å²) in [5, 5.41) is 7.77. The van der Waals surface area contributed by atoms with Crippen LogP contribution in [0.15, 0.2) is 4.79 Å². The predicted octanol–water partition coefficient (Wildman–Crippen LogP) is 1.02. The maximum absolute atomic E-state index is 12.2. The Hall–Kier alpha value is -1.10. The second kappa shape index (κ2) is 4.88. The van der Waals surface area contributed by atoms with Crippen molar-refractivity contribution in [2.24, 2.45) is 5.41 Å². The van der Waals surface area contributed by atoms with Crippen molar-refractivity contribution in [3.8, 4) is 0 Å². The zero-order chi connectivity index (χ0) is 13.3. The monoisotopic (exact) mass is 252 g/mol. The fraction of sp³-hybridized carbons (Fsp3) is 0.846.